The first-order valence-corrected chi connectivity index (χ1v) is 25.7. The first kappa shape index (κ1) is 50.4. The van der Waals surface area contributed by atoms with Crippen molar-refractivity contribution in [2.45, 2.75) is 78.5 Å². The number of nitrogens with one attached hydrogen (secondary N) is 1. The summed E-state index contributed by atoms with van der Waals surface area (Å²) < 4.78 is 12.8. The number of piperidine rings is 1. The second-order valence-corrected chi connectivity index (χ2v) is 21.5. The predicted octanol–water partition coefficient (Wildman–Crippen LogP) is 9.04. The van der Waals surface area contributed by atoms with Crippen LogP contribution in [0, 0.1) is 24.2 Å². The first-order chi connectivity index (χ1) is 33.6. The van der Waals surface area contributed by atoms with E-state index in [1.165, 1.54) is 16.2 Å². The Hall–Kier alpha value is -5.97. The quantitative estimate of drug-likeness (QED) is 0.0450. The van der Waals surface area contributed by atoms with Gasteiger partial charge < -0.3 is 35.0 Å². The molecule has 15 heteroatoms. The van der Waals surface area contributed by atoms with Crippen LogP contribution in [0.3, 0.4) is 0 Å². The summed E-state index contributed by atoms with van der Waals surface area (Å²) in [5, 5.41) is 34.3. The number of aliphatic hydroxyl groups is 1. The largest absolute Gasteiger partial charge is 0.508 e. The van der Waals surface area contributed by atoms with Gasteiger partial charge in [0.15, 0.2) is 11.6 Å². The Morgan fingerprint density at radius 2 is 1.56 bits per heavy atom. The van der Waals surface area contributed by atoms with Crippen molar-refractivity contribution in [1.82, 2.24) is 20.1 Å². The Morgan fingerprint density at radius 3 is 2.24 bits per heavy atom. The minimum atomic E-state index is -0.836. The fourth-order valence-electron chi connectivity index (χ4n) is 9.42. The van der Waals surface area contributed by atoms with E-state index in [0.29, 0.717) is 36.0 Å². The number of benzene rings is 4. The summed E-state index contributed by atoms with van der Waals surface area (Å²) in [6.45, 7) is 11.5. The smallest absolute Gasteiger partial charge is 0.243 e. The monoisotopic (exact) mass is 986 g/mol. The number of thiazole rings is 1. The number of aromatic nitrogens is 1. The molecule has 13 nitrogen and oxygen atoms in total. The molecule has 70 heavy (non-hydrogen) atoms. The number of likely N-dealkylation sites (tertiary alicyclic amines) is 2. The summed E-state index contributed by atoms with van der Waals surface area (Å²) in [4.78, 5) is 64.9. The zero-order valence-corrected chi connectivity index (χ0v) is 41.8. The number of carbonyl (C=O) groups is 4. The van der Waals surface area contributed by atoms with Crippen LogP contribution < -0.4 is 10.1 Å². The molecular weight excluding hydrogens is 925 g/mol. The number of aryl methyl sites for hydroxylation is 1. The van der Waals surface area contributed by atoms with Crippen LogP contribution in [0.5, 0.6) is 17.2 Å². The van der Waals surface area contributed by atoms with Gasteiger partial charge in [0.1, 0.15) is 36.5 Å². The van der Waals surface area contributed by atoms with Crippen molar-refractivity contribution in [3.63, 3.8) is 0 Å². The Balaban J connectivity index is 0.742. The molecule has 0 unspecified atom stereocenters. The fraction of sp³-hybridized carbons (Fsp3) is 0.400. The predicted molar refractivity (Wildman–Crippen MR) is 273 cm³/mol. The number of fused-ring (bicyclic) bond motifs is 1. The molecule has 4 heterocycles. The Morgan fingerprint density at radius 1 is 0.871 bits per heavy atom. The molecule has 368 valence electrons. The second kappa shape index (κ2) is 22.4. The van der Waals surface area contributed by atoms with Gasteiger partial charge in [0.05, 0.1) is 22.2 Å². The molecule has 0 saturated carbocycles. The molecule has 2 amide bonds. The third-order valence-electron chi connectivity index (χ3n) is 13.5. The van der Waals surface area contributed by atoms with Crippen molar-refractivity contribution in [2.24, 2.45) is 17.3 Å². The van der Waals surface area contributed by atoms with Crippen molar-refractivity contribution < 1.29 is 44.0 Å². The maximum absolute atomic E-state index is 14.1. The number of ketones is 2. The van der Waals surface area contributed by atoms with Crippen LogP contribution in [0.2, 0.25) is 0 Å². The van der Waals surface area contributed by atoms with Crippen molar-refractivity contribution in [3.05, 3.63) is 119 Å². The van der Waals surface area contributed by atoms with Gasteiger partial charge in [-0.15, -0.1) is 22.7 Å². The summed E-state index contributed by atoms with van der Waals surface area (Å²) in [6.07, 6.45) is 2.14. The number of nitrogens with zero attached hydrogens (tertiary/aromatic N) is 3. The summed E-state index contributed by atoms with van der Waals surface area (Å²) in [6, 6.07) is 26.0. The van der Waals surface area contributed by atoms with Crippen LogP contribution in [0.25, 0.3) is 31.0 Å². The average molecular weight is 987 g/mol. The lowest BCUT2D eigenvalue weighted by molar-refractivity contribution is -0.146. The molecule has 6 aromatic rings. The highest BCUT2D eigenvalue weighted by Gasteiger charge is 2.44. The zero-order valence-electron chi connectivity index (χ0n) is 40.2. The molecule has 0 spiro atoms. The van der Waals surface area contributed by atoms with Crippen LogP contribution in [-0.4, -0.2) is 112 Å². The second-order valence-electron chi connectivity index (χ2n) is 19.6. The van der Waals surface area contributed by atoms with Crippen LogP contribution in [0.4, 0.5) is 0 Å². The maximum atomic E-state index is 14.1. The minimum Gasteiger partial charge on any atom is -0.508 e. The highest BCUT2D eigenvalue weighted by molar-refractivity contribution is 7.22. The van der Waals surface area contributed by atoms with Crippen LogP contribution in [0.15, 0.2) is 96.5 Å². The van der Waals surface area contributed by atoms with Crippen LogP contribution >= 0.6 is 22.7 Å². The van der Waals surface area contributed by atoms with Gasteiger partial charge in [0.2, 0.25) is 11.8 Å². The zero-order chi connectivity index (χ0) is 49.5. The van der Waals surface area contributed by atoms with Crippen molar-refractivity contribution in [2.75, 3.05) is 46.0 Å². The summed E-state index contributed by atoms with van der Waals surface area (Å²) >= 11 is 3.01. The van der Waals surface area contributed by atoms with Gasteiger partial charge in [0, 0.05) is 71.1 Å². The van der Waals surface area contributed by atoms with E-state index >= 15 is 0 Å². The van der Waals surface area contributed by atoms with Crippen molar-refractivity contribution >= 4 is 56.1 Å². The first-order valence-electron chi connectivity index (χ1n) is 24.0. The van der Waals surface area contributed by atoms with E-state index in [9.17, 15) is 34.5 Å². The van der Waals surface area contributed by atoms with E-state index in [1.54, 1.807) is 65.9 Å². The molecule has 8 rings (SSSR count). The molecule has 4 N–H and O–H groups in total. The van der Waals surface area contributed by atoms with E-state index < -0.39 is 23.5 Å². The number of aromatic hydroxyl groups is 2. The third kappa shape index (κ3) is 12.3. The van der Waals surface area contributed by atoms with E-state index in [2.05, 4.69) is 15.2 Å². The number of aliphatic hydroxyl groups excluding tert-OH is 1. The fourth-order valence-corrected chi connectivity index (χ4v) is 11.5. The average Bonchev–Trinajstić information content (AvgIpc) is 4.07. The molecule has 0 radical (unpaired) electrons. The van der Waals surface area contributed by atoms with E-state index in [0.717, 1.165) is 81.1 Å². The molecule has 2 aromatic heterocycles. The van der Waals surface area contributed by atoms with E-state index in [4.69, 9.17) is 9.47 Å². The Labute approximate surface area is 417 Å². The number of carbonyl (C=O) groups excluding carboxylic acids is 4. The van der Waals surface area contributed by atoms with Crippen LogP contribution in [0.1, 0.15) is 80.1 Å². The number of phenolic OH excluding ortho intramolecular Hbond substituents is 2. The van der Waals surface area contributed by atoms with E-state index in [-0.39, 0.29) is 67.4 Å². The number of phenols is 2. The topological polar surface area (TPSA) is 179 Å². The van der Waals surface area contributed by atoms with Gasteiger partial charge in [-0.2, -0.15) is 0 Å². The minimum absolute atomic E-state index is 0.0141. The number of Topliss-reactive ketones (excluding diaryl/α,β-unsaturated/α-hetero) is 1. The maximum Gasteiger partial charge on any atom is 0.243 e. The number of amides is 2. The normalized spacial score (nSPS) is 17.2. The number of β-amino-alcohol motifs (C(OH)–C–C–N with tert-alkyl or cyclic N) is 1. The lowest BCUT2D eigenvalue weighted by atomic mass is 9.77. The summed E-state index contributed by atoms with van der Waals surface area (Å²) in [5.74, 6) is -0.218. The standard InChI is InChI=1S/C55H62N4O9S2/c1-34-51(69-33-57-34)38-7-5-36(6-8-38)30-56-53(65)47-28-42(62)31-59(47)54(66)46(55(2,3)4)27-43(63)32-67-25-21-35-19-22-58(23-20-35)24-26-68-44-16-11-37(12-17-44)50(64)49-45-18-15-41(61)29-48(45)70-52(49)39-9-13-40(60)14-10-39/h5-18,29,33,35,42,46-47,60-62H,19-28,30-32H2,1-4H3,(H,56,65)/t42-,46-,47+/m1/s1. The molecule has 0 bridgehead atoms. The van der Waals surface area contributed by atoms with Gasteiger partial charge in [-0.1, -0.05) is 45.0 Å². The van der Waals surface area contributed by atoms with Crippen molar-refractivity contribution in [3.8, 4) is 38.1 Å². The number of ether oxygens (including phenoxy) is 2. The summed E-state index contributed by atoms with van der Waals surface area (Å²) in [7, 11) is 0. The van der Waals surface area contributed by atoms with Gasteiger partial charge in [-0.3, -0.25) is 24.1 Å². The van der Waals surface area contributed by atoms with E-state index in [1.807, 2.05) is 69.6 Å². The summed E-state index contributed by atoms with van der Waals surface area (Å²) in [5.41, 5.74) is 6.07. The highest BCUT2D eigenvalue weighted by atomic mass is 32.1. The molecule has 2 saturated heterocycles. The number of thiophene rings is 1. The molecule has 2 fully saturated rings. The molecule has 2 aliphatic heterocycles. The number of hydrogen-bond donors (Lipinski definition) is 4. The molecule has 2 aliphatic rings. The van der Waals surface area contributed by atoms with Gasteiger partial charge in [-0.05, 0) is 134 Å². The molecule has 0 aliphatic carbocycles. The van der Waals surface area contributed by atoms with Gasteiger partial charge in [0.25, 0.3) is 0 Å². The van der Waals surface area contributed by atoms with Gasteiger partial charge in [-0.25, -0.2) is 4.98 Å². The lowest BCUT2D eigenvalue weighted by Crippen LogP contribution is -2.50. The molecule has 4 aromatic carbocycles. The third-order valence-corrected chi connectivity index (χ3v) is 15.7. The molecular formula is C55H62N4O9S2. The Bertz CT molecular complexity index is 2770. The number of rotatable bonds is 19. The van der Waals surface area contributed by atoms with Crippen LogP contribution in [-0.2, 0) is 25.7 Å². The SMILES string of the molecule is Cc1ncsc1-c1ccc(CNC(=O)[C@@H]2C[C@@H](O)CN2C(=O)[C@@H](CC(=O)COCCC2CCN(CCOc3ccc(C(=O)c4c(-c5ccc(O)cc5)sc5cc(O)ccc45)cc3)CC2)C(C)(C)C)cc1. The highest BCUT2D eigenvalue weighted by Crippen LogP contribution is 2.42. The Kier molecular flexibility index (Phi) is 16.1. The van der Waals surface area contributed by atoms with Crippen molar-refractivity contribution in [1.29, 1.82) is 0 Å². The lowest BCUT2D eigenvalue weighted by Gasteiger charge is -2.34. The molecule has 3 atom stereocenters. The number of hydrogen-bond acceptors (Lipinski definition) is 13. The van der Waals surface area contributed by atoms with Gasteiger partial charge >= 0.3 is 0 Å².